The molecule has 0 saturated heterocycles. The SMILES string of the molecule is COc1ccc(C(=O)OCc2ccc(S(=O)(=O)N(C)C)o2)cc1S(N)(=O)=O. The van der Waals surface area contributed by atoms with E-state index in [1.807, 2.05) is 0 Å². The van der Waals surface area contributed by atoms with E-state index in [0.717, 1.165) is 10.4 Å². The fourth-order valence-corrected chi connectivity index (χ4v) is 3.54. The van der Waals surface area contributed by atoms with E-state index in [4.69, 9.17) is 19.0 Å². The van der Waals surface area contributed by atoms with Crippen LogP contribution in [0.3, 0.4) is 0 Å². The van der Waals surface area contributed by atoms with Gasteiger partial charge in [-0.3, -0.25) is 0 Å². The third-order valence-corrected chi connectivity index (χ3v) is 6.04. The zero-order chi connectivity index (χ0) is 20.4. The molecule has 0 unspecified atom stereocenters. The summed E-state index contributed by atoms with van der Waals surface area (Å²) in [5.41, 5.74) is -0.0764. The summed E-state index contributed by atoms with van der Waals surface area (Å²) < 4.78 is 63.1. The number of ether oxygens (including phenoxy) is 2. The summed E-state index contributed by atoms with van der Waals surface area (Å²) in [7, 11) is -3.89. The first kappa shape index (κ1) is 20.9. The number of rotatable bonds is 7. The van der Waals surface area contributed by atoms with Gasteiger partial charge in [0.25, 0.3) is 10.0 Å². The molecule has 0 atom stereocenters. The molecule has 1 aromatic carbocycles. The van der Waals surface area contributed by atoms with Gasteiger partial charge in [0, 0.05) is 14.1 Å². The summed E-state index contributed by atoms with van der Waals surface area (Å²) >= 11 is 0. The number of carbonyl (C=O) groups excluding carboxylic acids is 1. The summed E-state index contributed by atoms with van der Waals surface area (Å²) in [4.78, 5) is 11.8. The molecular weight excluding hydrogens is 400 g/mol. The number of esters is 1. The Balaban J connectivity index is 2.17. The van der Waals surface area contributed by atoms with E-state index in [-0.39, 0.29) is 33.7 Å². The third kappa shape index (κ3) is 4.66. The number of sulfonamides is 2. The molecule has 12 heteroatoms. The standard InChI is InChI=1S/C15H18N2O8S2/c1-17(2)27(21,22)14-7-5-11(25-14)9-24-15(18)10-4-6-12(23-3)13(8-10)26(16,19)20/h4-8H,9H2,1-3H3,(H2,16,19,20). The first-order valence-electron chi connectivity index (χ1n) is 7.36. The van der Waals surface area contributed by atoms with Gasteiger partial charge in [-0.15, -0.1) is 0 Å². The molecule has 1 heterocycles. The lowest BCUT2D eigenvalue weighted by Gasteiger charge is -2.09. The molecule has 0 aliphatic carbocycles. The van der Waals surface area contributed by atoms with Gasteiger partial charge in [0.2, 0.25) is 15.1 Å². The fourth-order valence-electron chi connectivity index (χ4n) is 2.00. The highest BCUT2D eigenvalue weighted by molar-refractivity contribution is 7.89. The van der Waals surface area contributed by atoms with Gasteiger partial charge < -0.3 is 13.9 Å². The number of hydrogen-bond acceptors (Lipinski definition) is 8. The zero-order valence-corrected chi connectivity index (χ0v) is 16.3. The monoisotopic (exact) mass is 418 g/mol. The Morgan fingerprint density at radius 2 is 1.81 bits per heavy atom. The van der Waals surface area contributed by atoms with E-state index >= 15 is 0 Å². The molecule has 0 bridgehead atoms. The lowest BCUT2D eigenvalue weighted by Crippen LogP contribution is -2.21. The van der Waals surface area contributed by atoms with Crippen LogP contribution >= 0.6 is 0 Å². The van der Waals surface area contributed by atoms with Gasteiger partial charge in [-0.1, -0.05) is 0 Å². The van der Waals surface area contributed by atoms with Crippen LogP contribution in [0.25, 0.3) is 0 Å². The molecule has 27 heavy (non-hydrogen) atoms. The molecule has 2 rings (SSSR count). The maximum Gasteiger partial charge on any atom is 0.338 e. The normalized spacial score (nSPS) is 12.2. The molecule has 0 fully saturated rings. The quantitative estimate of drug-likeness (QED) is 0.641. The van der Waals surface area contributed by atoms with Crippen LogP contribution in [0.15, 0.2) is 44.7 Å². The summed E-state index contributed by atoms with van der Waals surface area (Å²) in [6.07, 6.45) is 0. The van der Waals surface area contributed by atoms with E-state index in [9.17, 15) is 21.6 Å². The minimum absolute atomic E-state index is 0.0152. The molecule has 0 saturated carbocycles. The maximum absolute atomic E-state index is 12.1. The number of primary sulfonamides is 1. The predicted molar refractivity (Wildman–Crippen MR) is 93.1 cm³/mol. The van der Waals surface area contributed by atoms with Gasteiger partial charge in [0.1, 0.15) is 23.0 Å². The van der Waals surface area contributed by atoms with Crippen LogP contribution in [-0.2, 0) is 31.4 Å². The van der Waals surface area contributed by atoms with Gasteiger partial charge in [-0.2, -0.15) is 0 Å². The van der Waals surface area contributed by atoms with Crippen LogP contribution < -0.4 is 9.88 Å². The van der Waals surface area contributed by atoms with Crippen molar-refractivity contribution in [3.05, 3.63) is 41.7 Å². The van der Waals surface area contributed by atoms with Crippen LogP contribution in [0.4, 0.5) is 0 Å². The minimum Gasteiger partial charge on any atom is -0.495 e. The van der Waals surface area contributed by atoms with Gasteiger partial charge in [-0.05, 0) is 30.3 Å². The van der Waals surface area contributed by atoms with Crippen molar-refractivity contribution in [1.29, 1.82) is 0 Å². The lowest BCUT2D eigenvalue weighted by molar-refractivity contribution is 0.0440. The molecule has 0 spiro atoms. The second-order valence-corrected chi connectivity index (χ2v) is 9.11. The predicted octanol–water partition coefficient (Wildman–Crippen LogP) is 0.543. The van der Waals surface area contributed by atoms with Gasteiger partial charge >= 0.3 is 5.97 Å². The van der Waals surface area contributed by atoms with Crippen molar-refractivity contribution < 1.29 is 35.5 Å². The Kier molecular flexibility index (Phi) is 5.94. The molecule has 1 aromatic heterocycles. The summed E-state index contributed by atoms with van der Waals surface area (Å²) in [5.74, 6) is -0.765. The highest BCUT2D eigenvalue weighted by Crippen LogP contribution is 2.24. The number of nitrogens with zero attached hydrogens (tertiary/aromatic N) is 1. The Morgan fingerprint density at radius 1 is 1.15 bits per heavy atom. The third-order valence-electron chi connectivity index (χ3n) is 3.42. The number of methoxy groups -OCH3 is 1. The molecule has 0 aliphatic rings. The van der Waals surface area contributed by atoms with Gasteiger partial charge in [-0.25, -0.2) is 31.1 Å². The van der Waals surface area contributed by atoms with Crippen LogP contribution in [0, 0.1) is 0 Å². The van der Waals surface area contributed by atoms with E-state index in [0.29, 0.717) is 0 Å². The number of carbonyl (C=O) groups is 1. The summed E-state index contributed by atoms with van der Waals surface area (Å²) in [6.45, 7) is -0.349. The smallest absolute Gasteiger partial charge is 0.338 e. The average molecular weight is 418 g/mol. The van der Waals surface area contributed by atoms with Crippen molar-refractivity contribution in [1.82, 2.24) is 4.31 Å². The van der Waals surface area contributed by atoms with Crippen molar-refractivity contribution in [2.75, 3.05) is 21.2 Å². The Hall–Kier alpha value is -2.41. The van der Waals surface area contributed by atoms with E-state index in [2.05, 4.69) is 0 Å². The first-order chi connectivity index (χ1) is 12.5. The first-order valence-corrected chi connectivity index (χ1v) is 10.3. The Bertz CT molecular complexity index is 1060. The van der Waals surface area contributed by atoms with Crippen molar-refractivity contribution in [2.45, 2.75) is 16.6 Å². The molecular formula is C15H18N2O8S2. The average Bonchev–Trinajstić information content (AvgIpc) is 3.08. The molecule has 10 nitrogen and oxygen atoms in total. The number of benzene rings is 1. The zero-order valence-electron chi connectivity index (χ0n) is 14.7. The van der Waals surface area contributed by atoms with Gasteiger partial charge in [0.05, 0.1) is 12.7 Å². The number of furan rings is 1. The maximum atomic E-state index is 12.1. The number of hydrogen-bond donors (Lipinski definition) is 1. The number of nitrogens with two attached hydrogens (primary N) is 1. The van der Waals surface area contributed by atoms with E-state index in [1.165, 1.54) is 45.5 Å². The highest BCUT2D eigenvalue weighted by atomic mass is 32.2. The van der Waals surface area contributed by atoms with E-state index < -0.39 is 26.0 Å². The van der Waals surface area contributed by atoms with E-state index in [1.54, 1.807) is 0 Å². The summed E-state index contributed by atoms with van der Waals surface area (Å²) in [5, 5.41) is 4.81. The molecule has 2 aromatic rings. The Labute approximate surface area is 156 Å². The minimum atomic E-state index is -4.11. The molecule has 148 valence electrons. The van der Waals surface area contributed by atoms with Gasteiger partial charge in [0.15, 0.2) is 0 Å². The molecule has 0 aliphatic heterocycles. The van der Waals surface area contributed by atoms with Crippen molar-refractivity contribution >= 4 is 26.0 Å². The second-order valence-electron chi connectivity index (χ2n) is 5.49. The van der Waals surface area contributed by atoms with Crippen LogP contribution in [0.5, 0.6) is 5.75 Å². The van der Waals surface area contributed by atoms with Crippen molar-refractivity contribution in [3.8, 4) is 5.75 Å². The van der Waals surface area contributed by atoms with Crippen LogP contribution in [-0.4, -0.2) is 48.3 Å². The fraction of sp³-hybridized carbons (Fsp3) is 0.267. The summed E-state index contributed by atoms with van der Waals surface area (Å²) in [6, 6.07) is 6.20. The van der Waals surface area contributed by atoms with Crippen molar-refractivity contribution in [3.63, 3.8) is 0 Å². The largest absolute Gasteiger partial charge is 0.495 e. The van der Waals surface area contributed by atoms with Crippen LogP contribution in [0.1, 0.15) is 16.1 Å². The topological polar surface area (TPSA) is 146 Å². The Morgan fingerprint density at radius 3 is 2.37 bits per heavy atom. The van der Waals surface area contributed by atoms with Crippen LogP contribution in [0.2, 0.25) is 0 Å². The van der Waals surface area contributed by atoms with Crippen molar-refractivity contribution in [2.24, 2.45) is 5.14 Å². The lowest BCUT2D eigenvalue weighted by atomic mass is 10.2. The molecule has 0 radical (unpaired) electrons. The highest BCUT2D eigenvalue weighted by Gasteiger charge is 2.22. The second kappa shape index (κ2) is 7.68. The molecule has 0 amide bonds. The molecule has 2 N–H and O–H groups in total.